The van der Waals surface area contributed by atoms with E-state index in [1.807, 2.05) is 0 Å². The smallest absolute Gasteiger partial charge is 0.292 e. The lowest BCUT2D eigenvalue weighted by Crippen LogP contribution is -1.96. The van der Waals surface area contributed by atoms with E-state index in [0.717, 1.165) is 11.0 Å². The average Bonchev–Trinajstić information content (AvgIpc) is 2.82. The molecule has 3 rings (SSSR count). The predicted octanol–water partition coefficient (Wildman–Crippen LogP) is 2.12. The van der Waals surface area contributed by atoms with Crippen molar-refractivity contribution in [2.45, 2.75) is 0 Å². The Hall–Kier alpha value is -2.96. The van der Waals surface area contributed by atoms with Gasteiger partial charge < -0.3 is 10.7 Å². The number of H-pyrrole nitrogens is 1. The lowest BCUT2D eigenvalue weighted by molar-refractivity contribution is -0.383. The Morgan fingerprint density at radius 2 is 2.16 bits per heavy atom. The number of imidazole rings is 1. The largest absolute Gasteiger partial charge is 0.393 e. The molecule has 1 aromatic carbocycles. The molecule has 0 saturated carbocycles. The van der Waals surface area contributed by atoms with Gasteiger partial charge in [0, 0.05) is 17.8 Å². The molecule has 19 heavy (non-hydrogen) atoms. The van der Waals surface area contributed by atoms with Gasteiger partial charge in [-0.15, -0.1) is 0 Å². The van der Waals surface area contributed by atoms with Gasteiger partial charge in [0.1, 0.15) is 11.5 Å². The third-order valence-corrected chi connectivity index (χ3v) is 2.78. The molecule has 0 aliphatic rings. The standard InChI is InChI=1S/C12H9N5O2/c13-8-2-1-7(5-11(8)17(18)19)12-15-9-3-4-14-6-10(9)16-12/h1-6H,13H2,(H,15,16). The van der Waals surface area contributed by atoms with Crippen molar-refractivity contribution in [1.29, 1.82) is 0 Å². The number of fused-ring (bicyclic) bond motifs is 1. The van der Waals surface area contributed by atoms with Crippen LogP contribution in [0.25, 0.3) is 22.4 Å². The van der Waals surface area contributed by atoms with Crippen LogP contribution in [-0.2, 0) is 0 Å². The van der Waals surface area contributed by atoms with Gasteiger partial charge in [-0.05, 0) is 18.2 Å². The third kappa shape index (κ3) is 1.86. The van der Waals surface area contributed by atoms with Crippen LogP contribution in [-0.4, -0.2) is 19.9 Å². The molecule has 0 radical (unpaired) electrons. The predicted molar refractivity (Wildman–Crippen MR) is 70.4 cm³/mol. The van der Waals surface area contributed by atoms with Crippen LogP contribution < -0.4 is 5.73 Å². The summed E-state index contributed by atoms with van der Waals surface area (Å²) in [5.41, 5.74) is 7.70. The highest BCUT2D eigenvalue weighted by Crippen LogP contribution is 2.28. The second-order valence-electron chi connectivity index (χ2n) is 4.01. The number of hydrogen-bond acceptors (Lipinski definition) is 5. The molecule has 0 unspecified atom stereocenters. The van der Waals surface area contributed by atoms with Crippen molar-refractivity contribution < 1.29 is 4.92 Å². The number of benzene rings is 1. The number of nitro groups is 1. The summed E-state index contributed by atoms with van der Waals surface area (Å²) in [4.78, 5) is 21.7. The second kappa shape index (κ2) is 4.05. The van der Waals surface area contributed by atoms with Gasteiger partial charge in [-0.1, -0.05) is 0 Å². The molecule has 0 aliphatic carbocycles. The van der Waals surface area contributed by atoms with Gasteiger partial charge in [0.2, 0.25) is 0 Å². The summed E-state index contributed by atoms with van der Waals surface area (Å²) >= 11 is 0. The number of nitrogens with two attached hydrogens (primary N) is 1. The van der Waals surface area contributed by atoms with Crippen molar-refractivity contribution in [2.24, 2.45) is 0 Å². The summed E-state index contributed by atoms with van der Waals surface area (Å²) in [5.74, 6) is 0.547. The van der Waals surface area contributed by atoms with Gasteiger partial charge in [-0.2, -0.15) is 0 Å². The summed E-state index contributed by atoms with van der Waals surface area (Å²) in [6, 6.07) is 6.36. The fraction of sp³-hybridized carbons (Fsp3) is 0. The highest BCUT2D eigenvalue weighted by molar-refractivity contribution is 5.79. The molecule has 0 amide bonds. The molecule has 0 saturated heterocycles. The average molecular weight is 255 g/mol. The maximum Gasteiger partial charge on any atom is 0.292 e. The molecule has 3 N–H and O–H groups in total. The van der Waals surface area contributed by atoms with Gasteiger partial charge in [-0.25, -0.2) is 4.98 Å². The van der Waals surface area contributed by atoms with E-state index in [-0.39, 0.29) is 11.4 Å². The van der Waals surface area contributed by atoms with Crippen LogP contribution in [0, 0.1) is 10.1 Å². The Kier molecular flexibility index (Phi) is 2.38. The molecular formula is C12H9N5O2. The molecule has 94 valence electrons. The zero-order chi connectivity index (χ0) is 13.4. The normalized spacial score (nSPS) is 10.7. The number of hydrogen-bond donors (Lipinski definition) is 2. The molecule has 0 spiro atoms. The molecule has 0 fully saturated rings. The van der Waals surface area contributed by atoms with Crippen LogP contribution in [0.5, 0.6) is 0 Å². The molecular weight excluding hydrogens is 246 g/mol. The maximum absolute atomic E-state index is 10.9. The highest BCUT2D eigenvalue weighted by atomic mass is 16.6. The fourth-order valence-corrected chi connectivity index (χ4v) is 1.84. The number of anilines is 1. The van der Waals surface area contributed by atoms with Crippen molar-refractivity contribution in [3.63, 3.8) is 0 Å². The van der Waals surface area contributed by atoms with Crippen LogP contribution in [0.2, 0.25) is 0 Å². The summed E-state index contributed by atoms with van der Waals surface area (Å²) in [6.45, 7) is 0. The second-order valence-corrected chi connectivity index (χ2v) is 4.01. The molecule has 3 aromatic rings. The molecule has 7 heteroatoms. The quantitative estimate of drug-likeness (QED) is 0.414. The van der Waals surface area contributed by atoms with Crippen molar-refractivity contribution in [2.75, 3.05) is 5.73 Å². The van der Waals surface area contributed by atoms with Crippen molar-refractivity contribution in [1.82, 2.24) is 15.0 Å². The van der Waals surface area contributed by atoms with Crippen LogP contribution >= 0.6 is 0 Å². The minimum absolute atomic E-state index is 0.129. The topological polar surface area (TPSA) is 111 Å². The fourth-order valence-electron chi connectivity index (χ4n) is 1.84. The number of nitrogens with zero attached hydrogens (tertiary/aromatic N) is 3. The minimum Gasteiger partial charge on any atom is -0.393 e. The number of nitro benzene ring substituents is 1. The van der Waals surface area contributed by atoms with Gasteiger partial charge in [0.15, 0.2) is 0 Å². The van der Waals surface area contributed by atoms with Crippen LogP contribution in [0.4, 0.5) is 11.4 Å². The summed E-state index contributed by atoms with van der Waals surface area (Å²) < 4.78 is 0. The van der Waals surface area contributed by atoms with Gasteiger partial charge >= 0.3 is 0 Å². The zero-order valence-corrected chi connectivity index (χ0v) is 9.70. The first-order valence-corrected chi connectivity index (χ1v) is 5.49. The Bertz CT molecular complexity index is 748. The Balaban J connectivity index is 2.16. The van der Waals surface area contributed by atoms with Crippen molar-refractivity contribution in [3.8, 4) is 11.4 Å². The van der Waals surface area contributed by atoms with E-state index >= 15 is 0 Å². The van der Waals surface area contributed by atoms with Gasteiger partial charge in [-0.3, -0.25) is 15.1 Å². The van der Waals surface area contributed by atoms with E-state index in [0.29, 0.717) is 11.4 Å². The monoisotopic (exact) mass is 255 g/mol. The summed E-state index contributed by atoms with van der Waals surface area (Å²) in [6.07, 6.45) is 3.29. The molecule has 2 aromatic heterocycles. The first-order chi connectivity index (χ1) is 9.15. The minimum atomic E-state index is -0.511. The first-order valence-electron chi connectivity index (χ1n) is 5.49. The lowest BCUT2D eigenvalue weighted by Gasteiger charge is -1.99. The number of rotatable bonds is 2. The Labute approximate surface area is 107 Å². The lowest BCUT2D eigenvalue weighted by atomic mass is 10.1. The summed E-state index contributed by atoms with van der Waals surface area (Å²) in [5, 5.41) is 10.9. The van der Waals surface area contributed by atoms with Crippen LogP contribution in [0.1, 0.15) is 0 Å². The molecule has 0 aliphatic heterocycles. The number of pyridine rings is 1. The van der Waals surface area contributed by atoms with Gasteiger partial charge in [0.25, 0.3) is 5.69 Å². The molecule has 2 heterocycles. The number of nitrogen functional groups attached to an aromatic ring is 1. The molecule has 7 nitrogen and oxygen atoms in total. The van der Waals surface area contributed by atoms with Crippen LogP contribution in [0.15, 0.2) is 36.7 Å². The maximum atomic E-state index is 10.9. The van der Waals surface area contributed by atoms with Gasteiger partial charge in [0.05, 0.1) is 22.2 Å². The van der Waals surface area contributed by atoms with Crippen molar-refractivity contribution >= 4 is 22.4 Å². The first kappa shape index (κ1) is 11.1. The van der Waals surface area contributed by atoms with E-state index < -0.39 is 4.92 Å². The van der Waals surface area contributed by atoms with E-state index in [2.05, 4.69) is 15.0 Å². The van der Waals surface area contributed by atoms with Crippen molar-refractivity contribution in [3.05, 3.63) is 46.8 Å². The number of aromatic nitrogens is 3. The highest BCUT2D eigenvalue weighted by Gasteiger charge is 2.14. The SMILES string of the molecule is Nc1ccc(-c2nc3ccncc3[nH]2)cc1[N+](=O)[O-]. The van der Waals surface area contributed by atoms with Crippen LogP contribution in [0.3, 0.4) is 0 Å². The zero-order valence-electron chi connectivity index (χ0n) is 9.70. The van der Waals surface area contributed by atoms with E-state index in [1.54, 1.807) is 24.5 Å². The van der Waals surface area contributed by atoms with E-state index in [4.69, 9.17) is 5.73 Å². The third-order valence-electron chi connectivity index (χ3n) is 2.78. The Morgan fingerprint density at radius 1 is 1.32 bits per heavy atom. The Morgan fingerprint density at radius 3 is 2.89 bits per heavy atom. The summed E-state index contributed by atoms with van der Waals surface area (Å²) in [7, 11) is 0. The van der Waals surface area contributed by atoms with E-state index in [1.165, 1.54) is 12.1 Å². The number of aromatic amines is 1. The van der Waals surface area contributed by atoms with E-state index in [9.17, 15) is 10.1 Å². The number of nitrogens with one attached hydrogen (secondary N) is 1. The molecule has 0 atom stereocenters. The molecule has 0 bridgehead atoms.